The van der Waals surface area contributed by atoms with Gasteiger partial charge in [0.15, 0.2) is 32.3 Å². The second-order valence-corrected chi connectivity index (χ2v) is 27.0. The molecule has 1 amide bonds. The van der Waals surface area contributed by atoms with Gasteiger partial charge in [-0.2, -0.15) is 10.2 Å². The maximum atomic E-state index is 13.9. The fourth-order valence-electron chi connectivity index (χ4n) is 8.82. The van der Waals surface area contributed by atoms with E-state index in [9.17, 15) is 14.9 Å². The summed E-state index contributed by atoms with van der Waals surface area (Å²) in [6.45, 7) is 23.2. The molecule has 0 bridgehead atoms. The third-order valence-corrected chi connectivity index (χ3v) is 20.1. The molecule has 6 aromatic rings. The zero-order chi connectivity index (χ0) is 53.4. The van der Waals surface area contributed by atoms with E-state index in [0.717, 1.165) is 22.3 Å². The van der Waals surface area contributed by atoms with E-state index < -0.39 is 58.5 Å². The summed E-state index contributed by atoms with van der Waals surface area (Å²) in [6, 6.07) is 37.8. The van der Waals surface area contributed by atoms with Crippen molar-refractivity contribution in [2.45, 2.75) is 135 Å². The highest BCUT2D eigenvalue weighted by molar-refractivity contribution is 7.44. The number of anilines is 1. The number of aromatic amines is 1. The maximum absolute atomic E-state index is 13.9. The average Bonchev–Trinajstić information content (AvgIpc) is 3.94. The molecule has 1 aliphatic heterocycles. The van der Waals surface area contributed by atoms with E-state index in [0.29, 0.717) is 17.4 Å². The van der Waals surface area contributed by atoms with E-state index in [4.69, 9.17) is 37.4 Å². The van der Waals surface area contributed by atoms with Gasteiger partial charge >= 0.3 is 0 Å². The van der Waals surface area contributed by atoms with Crippen LogP contribution in [0.15, 0.2) is 120 Å². The molecule has 0 aliphatic carbocycles. The SMILES string of the molecule is COc1ccc(C(O[C@@H]2[C@@H](COP(OCCC#N)N(C(C)C)C(C)C)OC(n3cnc4c(=O)[nH]c(NC(=O)COc5ccc(C(C)C)cc5)nc43)[C@@H]2O[Si](C)(C)C(C)(C)C)(c2ccccc2)c2ccccc2)cc1. The highest BCUT2D eigenvalue weighted by Gasteiger charge is 2.56. The van der Waals surface area contributed by atoms with Gasteiger partial charge in [0.2, 0.25) is 5.95 Å². The van der Waals surface area contributed by atoms with Crippen molar-refractivity contribution < 1.29 is 37.2 Å². The molecule has 7 rings (SSSR count). The average molecular weight is 1050 g/mol. The Morgan fingerprint density at radius 2 is 1.46 bits per heavy atom. The standard InChI is InChI=1S/C56H72N7O9PSi/c1-37(2)40-24-28-45(29-25-40)67-35-47(64)59-54-60-51-48(52(65)61-54)58-36-62(51)53-50(72-74(11,12)55(7,8)9)49(46(70-53)34-69-73(68-33-19-32-57)63(38(3)4)39(5)6)71-56(41-20-15-13-16-21-41,42-22-17-14-18-23-42)43-26-30-44(66-10)31-27-43/h13-18,20-31,36-39,46,49-50,53H,19,33-35H2,1-12H3,(H2,59,60,61,64,65)/t46-,49-,50-,53?,73?/m1/s1. The van der Waals surface area contributed by atoms with Gasteiger partial charge in [-0.1, -0.05) is 120 Å². The third-order valence-electron chi connectivity index (χ3n) is 13.6. The van der Waals surface area contributed by atoms with E-state index in [1.165, 1.54) is 6.33 Å². The van der Waals surface area contributed by atoms with Crippen LogP contribution < -0.4 is 20.3 Å². The molecule has 18 heteroatoms. The molecule has 0 radical (unpaired) electrons. The van der Waals surface area contributed by atoms with Crippen LogP contribution in [0.4, 0.5) is 5.95 Å². The first-order chi connectivity index (χ1) is 35.3. The lowest BCUT2D eigenvalue weighted by Gasteiger charge is -2.44. The second kappa shape index (κ2) is 24.2. The van der Waals surface area contributed by atoms with E-state index in [1.807, 2.05) is 109 Å². The van der Waals surface area contributed by atoms with Crippen LogP contribution in [0.3, 0.4) is 0 Å². The van der Waals surface area contributed by atoms with Gasteiger partial charge in [-0.05, 0) is 98.3 Å². The number of aromatic nitrogens is 4. The number of imidazole rings is 1. The summed E-state index contributed by atoms with van der Waals surface area (Å²) in [5, 5.41) is 12.0. The van der Waals surface area contributed by atoms with E-state index in [2.05, 4.69) is 101 Å². The lowest BCUT2D eigenvalue weighted by atomic mass is 9.79. The van der Waals surface area contributed by atoms with Gasteiger partial charge < -0.3 is 32.4 Å². The first kappa shape index (κ1) is 55.9. The van der Waals surface area contributed by atoms with Crippen molar-refractivity contribution in [2.24, 2.45) is 0 Å². The Morgan fingerprint density at radius 3 is 2.01 bits per heavy atom. The van der Waals surface area contributed by atoms with E-state index in [1.54, 1.807) is 11.7 Å². The van der Waals surface area contributed by atoms with E-state index in [-0.39, 0.29) is 60.5 Å². The lowest BCUT2D eigenvalue weighted by Crippen LogP contribution is -2.52. The molecular weight excluding hydrogens is 974 g/mol. The number of amides is 1. The molecule has 5 atom stereocenters. The van der Waals surface area contributed by atoms with Crippen LogP contribution in [-0.4, -0.2) is 95.7 Å². The zero-order valence-electron chi connectivity index (χ0n) is 44.7. The monoisotopic (exact) mass is 1050 g/mol. The highest BCUT2D eigenvalue weighted by atomic mass is 31.2. The molecule has 1 aliphatic rings. The molecule has 0 saturated carbocycles. The largest absolute Gasteiger partial charge is 0.497 e. The number of nitrogens with one attached hydrogen (secondary N) is 2. The van der Waals surface area contributed by atoms with Crippen molar-refractivity contribution in [3.05, 3.63) is 148 Å². The minimum atomic E-state index is -2.76. The maximum Gasteiger partial charge on any atom is 0.280 e. The molecule has 4 aromatic carbocycles. The molecule has 3 heterocycles. The van der Waals surface area contributed by atoms with Gasteiger partial charge in [0.05, 0.1) is 39.1 Å². The first-order valence-corrected chi connectivity index (χ1v) is 29.3. The number of methoxy groups -OCH3 is 1. The molecule has 2 N–H and O–H groups in total. The molecule has 74 heavy (non-hydrogen) atoms. The Kier molecular flexibility index (Phi) is 18.3. The van der Waals surface area contributed by atoms with Crippen LogP contribution in [0.2, 0.25) is 18.1 Å². The number of nitrogens with zero attached hydrogens (tertiary/aromatic N) is 5. The normalized spacial score (nSPS) is 17.8. The number of hydrogen-bond donors (Lipinski definition) is 2. The third kappa shape index (κ3) is 12.6. The number of carbonyl (C=O) groups is 1. The fourth-order valence-corrected chi connectivity index (χ4v) is 11.7. The summed E-state index contributed by atoms with van der Waals surface area (Å²) in [4.78, 5) is 39.4. The molecule has 394 valence electrons. The van der Waals surface area contributed by atoms with Crippen LogP contribution >= 0.6 is 8.53 Å². The van der Waals surface area contributed by atoms with E-state index >= 15 is 0 Å². The van der Waals surface area contributed by atoms with Crippen molar-refractivity contribution in [2.75, 3.05) is 32.2 Å². The minimum absolute atomic E-state index is 0.0245. The number of ether oxygens (including phenoxy) is 4. The Labute approximate surface area is 437 Å². The molecule has 2 aromatic heterocycles. The number of hydrogen-bond acceptors (Lipinski definition) is 13. The summed E-state index contributed by atoms with van der Waals surface area (Å²) < 4.78 is 51.6. The van der Waals surface area contributed by atoms with Crippen LogP contribution in [0.1, 0.15) is 103 Å². The number of nitriles is 1. The molecule has 0 spiro atoms. The molecule has 1 fully saturated rings. The van der Waals surface area contributed by atoms with Gasteiger partial charge in [0.25, 0.3) is 20.0 Å². The van der Waals surface area contributed by atoms with Crippen molar-refractivity contribution >= 4 is 39.9 Å². The predicted molar refractivity (Wildman–Crippen MR) is 291 cm³/mol. The highest BCUT2D eigenvalue weighted by Crippen LogP contribution is 2.51. The number of fused-ring (bicyclic) bond motifs is 1. The summed E-state index contributed by atoms with van der Waals surface area (Å²) in [5.41, 5.74) is 1.96. The zero-order valence-corrected chi connectivity index (χ0v) is 46.6. The lowest BCUT2D eigenvalue weighted by molar-refractivity contribution is -0.118. The van der Waals surface area contributed by atoms with Gasteiger partial charge in [0.1, 0.15) is 35.4 Å². The van der Waals surface area contributed by atoms with Crippen LogP contribution in [0.5, 0.6) is 11.5 Å². The molecule has 16 nitrogen and oxygen atoms in total. The Hall–Kier alpha value is -5.80. The van der Waals surface area contributed by atoms with Gasteiger partial charge in [-0.15, -0.1) is 0 Å². The smallest absolute Gasteiger partial charge is 0.280 e. The van der Waals surface area contributed by atoms with Crippen molar-refractivity contribution in [3.63, 3.8) is 0 Å². The summed E-state index contributed by atoms with van der Waals surface area (Å²) in [6.07, 6.45) is -1.99. The van der Waals surface area contributed by atoms with Crippen LogP contribution in [0, 0.1) is 11.3 Å². The first-order valence-electron chi connectivity index (χ1n) is 25.2. The van der Waals surface area contributed by atoms with Gasteiger partial charge in [-0.25, -0.2) is 9.65 Å². The Balaban J connectivity index is 1.38. The predicted octanol–water partition coefficient (Wildman–Crippen LogP) is 11.2. The number of benzene rings is 4. The van der Waals surface area contributed by atoms with Crippen molar-refractivity contribution in [1.82, 2.24) is 24.2 Å². The van der Waals surface area contributed by atoms with Crippen LogP contribution in [-0.2, 0) is 33.3 Å². The van der Waals surface area contributed by atoms with Gasteiger partial charge in [-0.3, -0.25) is 24.5 Å². The number of H-pyrrole nitrogens is 1. The quantitative estimate of drug-likeness (QED) is 0.0268. The van der Waals surface area contributed by atoms with Crippen LogP contribution in [0.25, 0.3) is 11.2 Å². The molecule has 1 saturated heterocycles. The number of carbonyl (C=O) groups excluding carboxylic acids is 1. The topological polar surface area (TPSA) is 184 Å². The fraction of sp³-hybridized carbons (Fsp3) is 0.446. The molecular formula is C56H72N7O9PSi. The summed E-state index contributed by atoms with van der Waals surface area (Å²) >= 11 is 0. The Morgan fingerprint density at radius 1 is 0.865 bits per heavy atom. The minimum Gasteiger partial charge on any atom is -0.497 e. The summed E-state index contributed by atoms with van der Waals surface area (Å²) in [7, 11) is -2.86. The van der Waals surface area contributed by atoms with Crippen molar-refractivity contribution in [3.8, 4) is 17.6 Å². The number of rotatable bonds is 23. The molecule has 2 unspecified atom stereocenters. The van der Waals surface area contributed by atoms with Gasteiger partial charge in [0, 0.05) is 12.1 Å². The Bertz CT molecular complexity index is 2820. The van der Waals surface area contributed by atoms with Crippen molar-refractivity contribution in [1.29, 1.82) is 5.26 Å². The summed E-state index contributed by atoms with van der Waals surface area (Å²) in [5.74, 6) is 0.913. The second-order valence-electron chi connectivity index (χ2n) is 20.8.